The first-order chi connectivity index (χ1) is 12.7. The maximum atomic E-state index is 11.9. The number of nitrogens with one attached hydrogen (secondary N) is 1. The number of nitrogens with zero attached hydrogens (tertiary/aromatic N) is 1. The Labute approximate surface area is 155 Å². The third-order valence-electron chi connectivity index (χ3n) is 4.63. The van der Waals surface area contributed by atoms with E-state index in [0.717, 1.165) is 39.5 Å². The molecule has 1 unspecified atom stereocenters. The van der Waals surface area contributed by atoms with Crippen LogP contribution < -0.4 is 10.1 Å². The van der Waals surface area contributed by atoms with E-state index < -0.39 is 6.04 Å². The lowest BCUT2D eigenvalue weighted by atomic mass is 10.0. The maximum absolute atomic E-state index is 11.9. The van der Waals surface area contributed by atoms with Crippen LogP contribution in [0.2, 0.25) is 0 Å². The zero-order chi connectivity index (χ0) is 18.1. The summed E-state index contributed by atoms with van der Waals surface area (Å²) in [6.07, 6.45) is 2.55. The van der Waals surface area contributed by atoms with Gasteiger partial charge < -0.3 is 14.6 Å². The molecule has 1 fully saturated rings. The van der Waals surface area contributed by atoms with Gasteiger partial charge in [0.05, 0.1) is 13.7 Å². The second-order valence-electron chi connectivity index (χ2n) is 6.22. The molecule has 1 saturated heterocycles. The highest BCUT2D eigenvalue weighted by molar-refractivity contribution is 8.26. The second-order valence-corrected chi connectivity index (χ2v) is 7.19. The van der Waals surface area contributed by atoms with E-state index in [1.165, 1.54) is 0 Å². The van der Waals surface area contributed by atoms with Gasteiger partial charge in [0.25, 0.3) is 5.24 Å². The largest absolute Gasteiger partial charge is 0.496 e. The third kappa shape index (κ3) is 3.08. The van der Waals surface area contributed by atoms with Crippen molar-refractivity contribution in [1.29, 1.82) is 0 Å². The zero-order valence-electron chi connectivity index (χ0n) is 14.3. The van der Waals surface area contributed by atoms with Crippen molar-refractivity contribution in [3.05, 3.63) is 65.9 Å². The highest BCUT2D eigenvalue weighted by atomic mass is 32.2. The minimum absolute atomic E-state index is 0.111. The lowest BCUT2D eigenvalue weighted by molar-refractivity contribution is -0.112. The molecule has 1 aliphatic heterocycles. The van der Waals surface area contributed by atoms with E-state index in [9.17, 15) is 9.59 Å². The van der Waals surface area contributed by atoms with Crippen molar-refractivity contribution in [2.45, 2.75) is 19.0 Å². The first kappa shape index (κ1) is 16.7. The van der Waals surface area contributed by atoms with Crippen molar-refractivity contribution >= 4 is 33.0 Å². The van der Waals surface area contributed by atoms with Gasteiger partial charge in [-0.25, -0.2) is 0 Å². The van der Waals surface area contributed by atoms with Crippen molar-refractivity contribution in [3.63, 3.8) is 0 Å². The number of hydrogen-bond acceptors (Lipinski definition) is 4. The van der Waals surface area contributed by atoms with Gasteiger partial charge in [0.1, 0.15) is 11.8 Å². The summed E-state index contributed by atoms with van der Waals surface area (Å²) < 4.78 is 7.61. The predicted molar refractivity (Wildman–Crippen MR) is 103 cm³/mol. The molecule has 3 aromatic rings. The van der Waals surface area contributed by atoms with Gasteiger partial charge in [-0.1, -0.05) is 30.3 Å². The lowest BCUT2D eigenvalue weighted by Crippen LogP contribution is -2.30. The number of carbonyl (C=O) groups is 2. The molecule has 0 spiro atoms. The molecule has 2 aromatic carbocycles. The smallest absolute Gasteiger partial charge is 0.287 e. The fourth-order valence-electron chi connectivity index (χ4n) is 3.37. The predicted octanol–water partition coefficient (Wildman–Crippen LogP) is 3.59. The second kappa shape index (κ2) is 6.88. The minimum Gasteiger partial charge on any atom is -0.496 e. The van der Waals surface area contributed by atoms with Crippen LogP contribution in [0.15, 0.2) is 54.7 Å². The molecule has 1 amide bonds. The molecule has 5 nitrogen and oxygen atoms in total. The van der Waals surface area contributed by atoms with Gasteiger partial charge in [0.15, 0.2) is 0 Å². The van der Waals surface area contributed by atoms with E-state index in [2.05, 4.69) is 28.1 Å². The summed E-state index contributed by atoms with van der Waals surface area (Å²) in [4.78, 5) is 23.3. The standard InChI is InChI=1S/C20H18N2O3S/c1-25-18-8-3-2-5-14(18)12-22-10-9-15-13(6-4-7-17(15)22)11-16-19(23)26-20(24)21-16/h2-10,16H,11-12H2,1H3,(H,21,24). The van der Waals surface area contributed by atoms with Crippen LogP contribution in [0, 0.1) is 0 Å². The topological polar surface area (TPSA) is 60.3 Å². The number of rotatable bonds is 5. The summed E-state index contributed by atoms with van der Waals surface area (Å²) in [7, 11) is 1.68. The zero-order valence-corrected chi connectivity index (χ0v) is 15.1. The molecule has 4 rings (SSSR count). The van der Waals surface area contributed by atoms with Crippen LogP contribution in [-0.4, -0.2) is 28.1 Å². The molecule has 0 bridgehead atoms. The average Bonchev–Trinajstić information content (AvgIpc) is 3.19. The fourth-order valence-corrected chi connectivity index (χ4v) is 4.04. The van der Waals surface area contributed by atoms with E-state index in [1.54, 1.807) is 7.11 Å². The number of fused-ring (bicyclic) bond motifs is 1. The number of methoxy groups -OCH3 is 1. The quantitative estimate of drug-likeness (QED) is 0.750. The Hall–Kier alpha value is -2.73. The van der Waals surface area contributed by atoms with Crippen molar-refractivity contribution in [1.82, 2.24) is 9.88 Å². The molecule has 1 N–H and O–H groups in total. The van der Waals surface area contributed by atoms with E-state index >= 15 is 0 Å². The fraction of sp³-hybridized carbons (Fsp3) is 0.200. The summed E-state index contributed by atoms with van der Waals surface area (Å²) in [6, 6.07) is 15.7. The van der Waals surface area contributed by atoms with Crippen molar-refractivity contribution < 1.29 is 14.3 Å². The lowest BCUT2D eigenvalue weighted by Gasteiger charge is -2.12. The number of thioether (sulfide) groups is 1. The Balaban J connectivity index is 1.65. The molecular weight excluding hydrogens is 348 g/mol. The van der Waals surface area contributed by atoms with Crippen LogP contribution >= 0.6 is 11.8 Å². The SMILES string of the molecule is COc1ccccc1Cn1ccc2c(CC3NC(=O)SC3=O)cccc21. The molecule has 0 aliphatic carbocycles. The Morgan fingerprint density at radius 1 is 1.08 bits per heavy atom. The van der Waals surface area contributed by atoms with Crippen molar-refractivity contribution in [3.8, 4) is 5.75 Å². The number of aromatic nitrogens is 1. The first-order valence-electron chi connectivity index (χ1n) is 8.36. The summed E-state index contributed by atoms with van der Waals surface area (Å²) >= 11 is 0.756. The van der Waals surface area contributed by atoms with Crippen molar-refractivity contribution in [2.75, 3.05) is 7.11 Å². The highest BCUT2D eigenvalue weighted by Crippen LogP contribution is 2.27. The van der Waals surface area contributed by atoms with Crippen LogP contribution in [0.5, 0.6) is 5.75 Å². The number of hydrogen-bond donors (Lipinski definition) is 1. The highest BCUT2D eigenvalue weighted by Gasteiger charge is 2.31. The summed E-state index contributed by atoms with van der Waals surface area (Å²) in [5, 5.41) is 3.45. The van der Waals surface area contributed by atoms with E-state index in [1.807, 2.05) is 36.5 Å². The molecule has 6 heteroatoms. The number of amides is 1. The van der Waals surface area contributed by atoms with Crippen LogP contribution in [0.25, 0.3) is 10.9 Å². The summed E-state index contributed by atoms with van der Waals surface area (Å²) in [6.45, 7) is 0.700. The number of benzene rings is 2. The Kier molecular flexibility index (Phi) is 4.42. The Morgan fingerprint density at radius 2 is 1.88 bits per heavy atom. The molecular formula is C20H18N2O3S. The Bertz CT molecular complexity index is 996. The van der Waals surface area contributed by atoms with Gasteiger partial charge in [0, 0.05) is 40.8 Å². The van der Waals surface area contributed by atoms with E-state index in [0.29, 0.717) is 13.0 Å². The van der Waals surface area contributed by atoms with Gasteiger partial charge in [-0.3, -0.25) is 9.59 Å². The van der Waals surface area contributed by atoms with Crippen LogP contribution in [0.3, 0.4) is 0 Å². The molecule has 1 atom stereocenters. The van der Waals surface area contributed by atoms with Crippen molar-refractivity contribution in [2.24, 2.45) is 0 Å². The van der Waals surface area contributed by atoms with Gasteiger partial charge in [-0.15, -0.1) is 0 Å². The molecule has 26 heavy (non-hydrogen) atoms. The van der Waals surface area contributed by atoms with Gasteiger partial charge >= 0.3 is 0 Å². The Morgan fingerprint density at radius 3 is 2.65 bits per heavy atom. The molecule has 132 valence electrons. The maximum Gasteiger partial charge on any atom is 0.287 e. The number of carbonyl (C=O) groups excluding carboxylic acids is 2. The van der Waals surface area contributed by atoms with Crippen LogP contribution in [-0.2, 0) is 17.8 Å². The summed E-state index contributed by atoms with van der Waals surface area (Å²) in [5.41, 5.74) is 3.26. The molecule has 1 aromatic heterocycles. The monoisotopic (exact) mass is 366 g/mol. The van der Waals surface area contributed by atoms with Gasteiger partial charge in [-0.05, 0) is 23.8 Å². The number of ether oxygens (including phenoxy) is 1. The van der Waals surface area contributed by atoms with Crippen LogP contribution in [0.1, 0.15) is 11.1 Å². The van der Waals surface area contributed by atoms with Crippen LogP contribution in [0.4, 0.5) is 4.79 Å². The summed E-state index contributed by atoms with van der Waals surface area (Å²) in [5.74, 6) is 0.863. The molecule has 0 saturated carbocycles. The van der Waals surface area contributed by atoms with E-state index in [4.69, 9.17) is 4.74 Å². The first-order valence-corrected chi connectivity index (χ1v) is 9.18. The van der Waals surface area contributed by atoms with Gasteiger partial charge in [-0.2, -0.15) is 0 Å². The molecule has 2 heterocycles. The van der Waals surface area contributed by atoms with Gasteiger partial charge in [0.2, 0.25) is 5.12 Å². The third-order valence-corrected chi connectivity index (χ3v) is 5.42. The molecule has 1 aliphatic rings. The average molecular weight is 366 g/mol. The number of para-hydroxylation sites is 1. The molecule has 0 radical (unpaired) electrons. The normalized spacial score (nSPS) is 16.9. The minimum atomic E-state index is -0.448. The van der Waals surface area contributed by atoms with E-state index in [-0.39, 0.29) is 10.4 Å².